The van der Waals surface area contributed by atoms with E-state index in [1.54, 1.807) is 13.8 Å². The fourth-order valence-corrected chi connectivity index (χ4v) is 2.21. The summed E-state index contributed by atoms with van der Waals surface area (Å²) in [5.74, 6) is 0.592. The van der Waals surface area contributed by atoms with Crippen molar-refractivity contribution < 1.29 is 10.0 Å². The second kappa shape index (κ2) is 6.53. The molecule has 1 atom stereocenters. The van der Waals surface area contributed by atoms with Crippen LogP contribution >= 0.6 is 0 Å². The molecule has 0 fully saturated rings. The number of nitro groups is 1. The van der Waals surface area contributed by atoms with Gasteiger partial charge >= 0.3 is 0 Å². The Balaban J connectivity index is 1.98. The average Bonchev–Trinajstić information content (AvgIpc) is 2.49. The van der Waals surface area contributed by atoms with E-state index in [1.807, 2.05) is 30.3 Å². The summed E-state index contributed by atoms with van der Waals surface area (Å²) in [7, 11) is 0. The Morgan fingerprint density at radius 1 is 1.36 bits per heavy atom. The number of anilines is 1. The molecule has 0 aliphatic rings. The summed E-state index contributed by atoms with van der Waals surface area (Å²) < 4.78 is 0. The first kappa shape index (κ1) is 15.9. The van der Waals surface area contributed by atoms with Gasteiger partial charge in [0.15, 0.2) is 0 Å². The minimum absolute atomic E-state index is 0.0284. The molecule has 0 radical (unpaired) electrons. The zero-order valence-corrected chi connectivity index (χ0v) is 12.6. The standard InChI is InChI=1S/C16H19N3O3/c1-12-10-14(19(21)22)11-18-15(12)17-9-8-16(2,20)13-6-4-3-5-7-13/h3-7,10-11,20H,8-9H2,1-2H3,(H,17,18). The molecule has 1 heterocycles. The fraction of sp³-hybridized carbons (Fsp3) is 0.312. The van der Waals surface area contributed by atoms with Crippen molar-refractivity contribution in [3.05, 3.63) is 63.8 Å². The molecule has 2 aromatic rings. The maximum atomic E-state index is 10.7. The summed E-state index contributed by atoms with van der Waals surface area (Å²) in [5.41, 5.74) is 0.584. The van der Waals surface area contributed by atoms with Gasteiger partial charge in [0.25, 0.3) is 5.69 Å². The molecule has 0 saturated heterocycles. The highest BCUT2D eigenvalue weighted by molar-refractivity contribution is 5.48. The molecule has 0 saturated carbocycles. The monoisotopic (exact) mass is 301 g/mol. The first-order valence-corrected chi connectivity index (χ1v) is 7.03. The van der Waals surface area contributed by atoms with Crippen molar-refractivity contribution in [1.29, 1.82) is 0 Å². The van der Waals surface area contributed by atoms with Crippen LogP contribution in [0.4, 0.5) is 11.5 Å². The molecule has 1 aromatic carbocycles. The number of aromatic nitrogens is 1. The predicted octanol–water partition coefficient (Wildman–Crippen LogP) is 3.01. The third kappa shape index (κ3) is 3.79. The molecular formula is C16H19N3O3. The average molecular weight is 301 g/mol. The first-order chi connectivity index (χ1) is 10.4. The maximum Gasteiger partial charge on any atom is 0.287 e. The highest BCUT2D eigenvalue weighted by Gasteiger charge is 2.22. The minimum atomic E-state index is -0.942. The zero-order chi connectivity index (χ0) is 16.2. The van der Waals surface area contributed by atoms with Gasteiger partial charge in [-0.2, -0.15) is 0 Å². The largest absolute Gasteiger partial charge is 0.385 e. The van der Waals surface area contributed by atoms with Gasteiger partial charge in [-0.3, -0.25) is 10.1 Å². The number of hydrogen-bond donors (Lipinski definition) is 2. The van der Waals surface area contributed by atoms with Crippen LogP contribution in [0, 0.1) is 17.0 Å². The van der Waals surface area contributed by atoms with Crippen LogP contribution in [0.25, 0.3) is 0 Å². The smallest absolute Gasteiger partial charge is 0.287 e. The van der Waals surface area contributed by atoms with Crippen molar-refractivity contribution in [2.24, 2.45) is 0 Å². The van der Waals surface area contributed by atoms with Gasteiger partial charge in [0.2, 0.25) is 0 Å². The maximum absolute atomic E-state index is 10.7. The quantitative estimate of drug-likeness (QED) is 0.632. The second-order valence-electron chi connectivity index (χ2n) is 5.43. The Morgan fingerprint density at radius 2 is 2.05 bits per heavy atom. The van der Waals surface area contributed by atoms with E-state index in [0.29, 0.717) is 24.3 Å². The number of nitrogens with one attached hydrogen (secondary N) is 1. The lowest BCUT2D eigenvalue weighted by atomic mass is 9.93. The van der Waals surface area contributed by atoms with Crippen LogP contribution in [0.3, 0.4) is 0 Å². The van der Waals surface area contributed by atoms with E-state index in [4.69, 9.17) is 0 Å². The molecule has 116 valence electrons. The van der Waals surface area contributed by atoms with Gasteiger partial charge < -0.3 is 10.4 Å². The number of aliphatic hydroxyl groups is 1. The summed E-state index contributed by atoms with van der Waals surface area (Å²) >= 11 is 0. The minimum Gasteiger partial charge on any atom is -0.385 e. The predicted molar refractivity (Wildman–Crippen MR) is 84.7 cm³/mol. The molecule has 2 rings (SSSR count). The van der Waals surface area contributed by atoms with Gasteiger partial charge in [-0.05, 0) is 31.4 Å². The first-order valence-electron chi connectivity index (χ1n) is 7.03. The number of hydrogen-bond acceptors (Lipinski definition) is 5. The normalized spacial score (nSPS) is 13.4. The summed E-state index contributed by atoms with van der Waals surface area (Å²) in [6.45, 7) is 4.03. The Hall–Kier alpha value is -2.47. The summed E-state index contributed by atoms with van der Waals surface area (Å²) in [5, 5.41) is 24.3. The second-order valence-corrected chi connectivity index (χ2v) is 5.43. The Labute approximate surface area is 129 Å². The molecule has 0 spiro atoms. The van der Waals surface area contributed by atoms with Crippen molar-refractivity contribution >= 4 is 11.5 Å². The van der Waals surface area contributed by atoms with Gasteiger partial charge in [0, 0.05) is 12.6 Å². The summed E-state index contributed by atoms with van der Waals surface area (Å²) in [4.78, 5) is 14.3. The van der Waals surface area contributed by atoms with E-state index in [1.165, 1.54) is 12.3 Å². The Bertz CT molecular complexity index is 657. The van der Waals surface area contributed by atoms with Crippen LogP contribution in [0.15, 0.2) is 42.6 Å². The number of benzene rings is 1. The number of rotatable bonds is 6. The van der Waals surface area contributed by atoms with E-state index >= 15 is 0 Å². The van der Waals surface area contributed by atoms with E-state index in [9.17, 15) is 15.2 Å². The molecule has 22 heavy (non-hydrogen) atoms. The van der Waals surface area contributed by atoms with Crippen molar-refractivity contribution in [1.82, 2.24) is 4.98 Å². The van der Waals surface area contributed by atoms with Crippen LogP contribution in [0.2, 0.25) is 0 Å². The van der Waals surface area contributed by atoms with Gasteiger partial charge in [0.05, 0.1) is 10.5 Å². The highest BCUT2D eigenvalue weighted by Crippen LogP contribution is 2.24. The van der Waals surface area contributed by atoms with Crippen molar-refractivity contribution in [3.63, 3.8) is 0 Å². The van der Waals surface area contributed by atoms with E-state index in [0.717, 1.165) is 5.56 Å². The molecule has 6 nitrogen and oxygen atoms in total. The van der Waals surface area contributed by atoms with Gasteiger partial charge in [0.1, 0.15) is 12.0 Å². The fourth-order valence-electron chi connectivity index (χ4n) is 2.21. The third-order valence-corrected chi connectivity index (χ3v) is 3.57. The van der Waals surface area contributed by atoms with Crippen LogP contribution in [-0.2, 0) is 5.60 Å². The molecule has 6 heteroatoms. The molecule has 1 aromatic heterocycles. The summed E-state index contributed by atoms with van der Waals surface area (Å²) in [6, 6.07) is 10.9. The van der Waals surface area contributed by atoms with Crippen molar-refractivity contribution in [2.45, 2.75) is 25.9 Å². The van der Waals surface area contributed by atoms with Gasteiger partial charge in [-0.15, -0.1) is 0 Å². The van der Waals surface area contributed by atoms with Crippen molar-refractivity contribution in [2.75, 3.05) is 11.9 Å². The number of aryl methyl sites for hydroxylation is 1. The molecule has 0 amide bonds. The van der Waals surface area contributed by atoms with Gasteiger partial charge in [-0.1, -0.05) is 30.3 Å². The molecular weight excluding hydrogens is 282 g/mol. The number of nitrogens with zero attached hydrogens (tertiary/aromatic N) is 2. The molecule has 0 bridgehead atoms. The molecule has 2 N–H and O–H groups in total. The van der Waals surface area contributed by atoms with E-state index < -0.39 is 10.5 Å². The lowest BCUT2D eigenvalue weighted by molar-refractivity contribution is -0.385. The topological polar surface area (TPSA) is 88.3 Å². The van der Waals surface area contributed by atoms with E-state index in [-0.39, 0.29) is 5.69 Å². The third-order valence-electron chi connectivity index (χ3n) is 3.57. The SMILES string of the molecule is Cc1cc([N+](=O)[O-])cnc1NCCC(C)(O)c1ccccc1. The lowest BCUT2D eigenvalue weighted by Crippen LogP contribution is -2.24. The van der Waals surface area contributed by atoms with Gasteiger partial charge in [-0.25, -0.2) is 4.98 Å². The van der Waals surface area contributed by atoms with Crippen molar-refractivity contribution in [3.8, 4) is 0 Å². The van der Waals surface area contributed by atoms with Crippen LogP contribution in [0.5, 0.6) is 0 Å². The van der Waals surface area contributed by atoms with Crippen LogP contribution < -0.4 is 5.32 Å². The number of pyridine rings is 1. The Morgan fingerprint density at radius 3 is 2.64 bits per heavy atom. The lowest BCUT2D eigenvalue weighted by Gasteiger charge is -2.24. The highest BCUT2D eigenvalue weighted by atomic mass is 16.6. The van der Waals surface area contributed by atoms with Crippen LogP contribution in [0.1, 0.15) is 24.5 Å². The molecule has 0 aliphatic heterocycles. The van der Waals surface area contributed by atoms with E-state index in [2.05, 4.69) is 10.3 Å². The van der Waals surface area contributed by atoms with Crippen LogP contribution in [-0.4, -0.2) is 21.6 Å². The molecule has 1 unspecified atom stereocenters. The molecule has 0 aliphatic carbocycles. The summed E-state index contributed by atoms with van der Waals surface area (Å²) in [6.07, 6.45) is 1.72. The zero-order valence-electron chi connectivity index (χ0n) is 12.6. The Kier molecular flexibility index (Phi) is 4.72.